The van der Waals surface area contributed by atoms with Gasteiger partial charge in [0.25, 0.3) is 5.91 Å². The summed E-state index contributed by atoms with van der Waals surface area (Å²) in [6.07, 6.45) is -0.257. The van der Waals surface area contributed by atoms with Crippen LogP contribution < -0.4 is 15.0 Å². The Balaban J connectivity index is 1.72. The van der Waals surface area contributed by atoms with E-state index in [1.807, 2.05) is 91.5 Å². The van der Waals surface area contributed by atoms with Gasteiger partial charge in [0.2, 0.25) is 0 Å². The smallest absolute Gasteiger partial charge is 0.260 e. The topological polar surface area (TPSA) is 41.6 Å². The van der Waals surface area contributed by atoms with Gasteiger partial charge in [-0.05, 0) is 55.8 Å². The van der Waals surface area contributed by atoms with E-state index in [9.17, 15) is 4.79 Å². The van der Waals surface area contributed by atoms with Gasteiger partial charge in [0, 0.05) is 22.5 Å². The summed E-state index contributed by atoms with van der Waals surface area (Å²) < 4.78 is 5.52. The minimum Gasteiger partial charge on any atom is -0.494 e. The van der Waals surface area contributed by atoms with Crippen LogP contribution in [0.2, 0.25) is 0 Å². The minimum absolute atomic E-state index is 0.0170. The lowest BCUT2D eigenvalue weighted by atomic mass is 10.1. The maximum atomic E-state index is 13.2. The van der Waals surface area contributed by atoms with Crippen molar-refractivity contribution in [2.24, 2.45) is 0 Å². The van der Waals surface area contributed by atoms with Crippen LogP contribution in [0.4, 0.5) is 11.4 Å². The zero-order valence-electron chi connectivity index (χ0n) is 15.5. The molecular formula is C23H22N2O2. The van der Waals surface area contributed by atoms with Gasteiger partial charge >= 0.3 is 0 Å². The predicted octanol–water partition coefficient (Wildman–Crippen LogP) is 5.16. The first kappa shape index (κ1) is 17.2. The fourth-order valence-corrected chi connectivity index (χ4v) is 3.51. The number of ether oxygens (including phenoxy) is 1. The molecule has 3 aromatic rings. The molecule has 4 nitrogen and oxygen atoms in total. The first-order valence-electron chi connectivity index (χ1n) is 9.16. The molecule has 0 aromatic heterocycles. The molecule has 1 amide bonds. The normalized spacial score (nSPS) is 15.6. The Bertz CT molecular complexity index is 966. The van der Waals surface area contributed by atoms with Gasteiger partial charge < -0.3 is 10.1 Å². The van der Waals surface area contributed by atoms with Crippen molar-refractivity contribution in [3.8, 4) is 5.75 Å². The number of nitrogens with zero attached hydrogens (tertiary/aromatic N) is 1. The van der Waals surface area contributed by atoms with Crippen LogP contribution in [0.25, 0.3) is 0 Å². The number of anilines is 2. The van der Waals surface area contributed by atoms with Crippen molar-refractivity contribution in [3.05, 3.63) is 89.5 Å². The SMILES string of the molecule is CCOc1ccc(N[C@@H]2c3ccccc3C(=O)N2c2ccccc2C)cc1. The molecule has 0 aliphatic carbocycles. The van der Waals surface area contributed by atoms with Gasteiger partial charge in [-0.25, -0.2) is 0 Å². The Morgan fingerprint density at radius 3 is 2.41 bits per heavy atom. The van der Waals surface area contributed by atoms with Crippen molar-refractivity contribution in [3.63, 3.8) is 0 Å². The predicted molar refractivity (Wildman–Crippen MR) is 108 cm³/mol. The lowest BCUT2D eigenvalue weighted by Crippen LogP contribution is -2.32. The summed E-state index contributed by atoms with van der Waals surface area (Å²) in [6.45, 7) is 4.63. The molecule has 0 saturated carbocycles. The summed E-state index contributed by atoms with van der Waals surface area (Å²) in [7, 11) is 0. The highest BCUT2D eigenvalue weighted by atomic mass is 16.5. The number of fused-ring (bicyclic) bond motifs is 1. The zero-order chi connectivity index (χ0) is 18.8. The molecule has 4 rings (SSSR count). The lowest BCUT2D eigenvalue weighted by Gasteiger charge is -2.28. The highest BCUT2D eigenvalue weighted by Gasteiger charge is 2.38. The molecule has 0 fully saturated rings. The number of aryl methyl sites for hydroxylation is 1. The number of amides is 1. The Morgan fingerprint density at radius 1 is 0.963 bits per heavy atom. The van der Waals surface area contributed by atoms with Gasteiger partial charge in [0.05, 0.1) is 6.61 Å². The average Bonchev–Trinajstić information content (AvgIpc) is 2.96. The van der Waals surface area contributed by atoms with Gasteiger partial charge in [-0.1, -0.05) is 36.4 Å². The molecule has 1 N–H and O–H groups in total. The monoisotopic (exact) mass is 358 g/mol. The van der Waals surface area contributed by atoms with Gasteiger partial charge in [0.15, 0.2) is 0 Å². The molecule has 4 heteroatoms. The number of nitrogens with one attached hydrogen (secondary N) is 1. The van der Waals surface area contributed by atoms with Crippen molar-refractivity contribution >= 4 is 17.3 Å². The summed E-state index contributed by atoms with van der Waals surface area (Å²) in [6, 6.07) is 23.6. The fraction of sp³-hybridized carbons (Fsp3) is 0.174. The first-order chi connectivity index (χ1) is 13.2. The van der Waals surface area contributed by atoms with Gasteiger partial charge in [-0.2, -0.15) is 0 Å². The Hall–Kier alpha value is -3.27. The third-order valence-electron chi connectivity index (χ3n) is 4.81. The van der Waals surface area contributed by atoms with Crippen LogP contribution >= 0.6 is 0 Å². The summed E-state index contributed by atoms with van der Waals surface area (Å²) in [4.78, 5) is 15.0. The van der Waals surface area contributed by atoms with E-state index in [1.165, 1.54) is 0 Å². The highest BCUT2D eigenvalue weighted by molar-refractivity contribution is 6.11. The number of para-hydroxylation sites is 1. The number of carbonyl (C=O) groups excluding carboxylic acids is 1. The molecule has 1 heterocycles. The van der Waals surface area contributed by atoms with E-state index in [0.29, 0.717) is 6.61 Å². The molecule has 1 atom stereocenters. The maximum Gasteiger partial charge on any atom is 0.260 e. The number of carbonyl (C=O) groups is 1. The van der Waals surface area contributed by atoms with Crippen LogP contribution in [-0.4, -0.2) is 12.5 Å². The Labute approximate surface area is 159 Å². The van der Waals surface area contributed by atoms with Crippen molar-refractivity contribution in [1.82, 2.24) is 0 Å². The average molecular weight is 358 g/mol. The standard InChI is InChI=1S/C23H22N2O2/c1-3-27-18-14-12-17(13-15-18)24-22-19-9-5-6-10-20(19)23(26)25(22)21-11-7-4-8-16(21)2/h4-15,22,24H,3H2,1-2H3/t22-/m0/s1. The minimum atomic E-state index is -0.257. The molecule has 0 unspecified atom stereocenters. The van der Waals surface area contributed by atoms with E-state index in [1.54, 1.807) is 0 Å². The van der Waals surface area contributed by atoms with Crippen molar-refractivity contribution in [2.45, 2.75) is 20.0 Å². The van der Waals surface area contributed by atoms with Crippen molar-refractivity contribution in [1.29, 1.82) is 0 Å². The van der Waals surface area contributed by atoms with Crippen LogP contribution in [0.3, 0.4) is 0 Å². The van der Waals surface area contributed by atoms with E-state index in [2.05, 4.69) is 5.32 Å². The number of rotatable bonds is 5. The lowest BCUT2D eigenvalue weighted by molar-refractivity contribution is 0.0993. The molecule has 0 saturated heterocycles. The largest absolute Gasteiger partial charge is 0.494 e. The Kier molecular flexibility index (Phi) is 4.55. The second-order valence-corrected chi connectivity index (χ2v) is 6.55. The van der Waals surface area contributed by atoms with Crippen LogP contribution in [-0.2, 0) is 0 Å². The molecule has 136 valence electrons. The van der Waals surface area contributed by atoms with Gasteiger partial charge in [0.1, 0.15) is 11.9 Å². The van der Waals surface area contributed by atoms with E-state index >= 15 is 0 Å². The Morgan fingerprint density at radius 2 is 1.67 bits per heavy atom. The van der Waals surface area contributed by atoms with Crippen molar-refractivity contribution in [2.75, 3.05) is 16.8 Å². The van der Waals surface area contributed by atoms with Crippen LogP contribution in [0.15, 0.2) is 72.8 Å². The van der Waals surface area contributed by atoms with E-state index in [-0.39, 0.29) is 12.1 Å². The second-order valence-electron chi connectivity index (χ2n) is 6.55. The van der Waals surface area contributed by atoms with Gasteiger partial charge in [-0.15, -0.1) is 0 Å². The molecule has 0 radical (unpaired) electrons. The molecule has 0 spiro atoms. The summed E-state index contributed by atoms with van der Waals surface area (Å²) in [5.74, 6) is 0.852. The summed E-state index contributed by atoms with van der Waals surface area (Å²) in [5.41, 5.74) is 4.65. The summed E-state index contributed by atoms with van der Waals surface area (Å²) in [5, 5.41) is 3.52. The zero-order valence-corrected chi connectivity index (χ0v) is 15.5. The third-order valence-corrected chi connectivity index (χ3v) is 4.81. The first-order valence-corrected chi connectivity index (χ1v) is 9.16. The molecular weight excluding hydrogens is 336 g/mol. The number of benzene rings is 3. The van der Waals surface area contributed by atoms with Crippen LogP contribution in [0, 0.1) is 6.92 Å². The quantitative estimate of drug-likeness (QED) is 0.684. The molecule has 1 aliphatic rings. The molecule has 27 heavy (non-hydrogen) atoms. The van der Waals surface area contributed by atoms with Gasteiger partial charge in [-0.3, -0.25) is 9.69 Å². The third kappa shape index (κ3) is 3.14. The summed E-state index contributed by atoms with van der Waals surface area (Å²) >= 11 is 0. The second kappa shape index (κ2) is 7.16. The number of hydrogen-bond donors (Lipinski definition) is 1. The maximum absolute atomic E-state index is 13.2. The van der Waals surface area contributed by atoms with E-state index in [4.69, 9.17) is 4.74 Å². The number of hydrogen-bond acceptors (Lipinski definition) is 3. The van der Waals surface area contributed by atoms with E-state index < -0.39 is 0 Å². The van der Waals surface area contributed by atoms with Crippen LogP contribution in [0.1, 0.15) is 34.6 Å². The van der Waals surface area contributed by atoms with Crippen LogP contribution in [0.5, 0.6) is 5.75 Å². The molecule has 0 bridgehead atoms. The molecule has 1 aliphatic heterocycles. The van der Waals surface area contributed by atoms with E-state index in [0.717, 1.165) is 33.8 Å². The fourth-order valence-electron chi connectivity index (χ4n) is 3.51. The van der Waals surface area contributed by atoms with Crippen molar-refractivity contribution < 1.29 is 9.53 Å². The molecule has 3 aromatic carbocycles. The highest BCUT2D eigenvalue weighted by Crippen LogP contribution is 2.39.